The number of carbonyl (C=O) groups is 2. The van der Waals surface area contributed by atoms with Crippen molar-refractivity contribution in [2.24, 2.45) is 0 Å². The van der Waals surface area contributed by atoms with Crippen molar-refractivity contribution in [3.63, 3.8) is 0 Å². The fourth-order valence-electron chi connectivity index (χ4n) is 5.36. The normalized spacial score (nSPS) is 16.3. The molecule has 2 unspecified atom stereocenters. The van der Waals surface area contributed by atoms with Gasteiger partial charge in [-0.25, -0.2) is 0 Å². The van der Waals surface area contributed by atoms with E-state index in [-0.39, 0.29) is 30.9 Å². The number of nitrogens with zero attached hydrogens (tertiary/aromatic N) is 1. The minimum Gasteiger partial charge on any atom is -0.481 e. The highest BCUT2D eigenvalue weighted by Gasteiger charge is 2.25. The molecule has 1 amide bonds. The second-order valence-corrected chi connectivity index (χ2v) is 9.98. The molecule has 1 aromatic heterocycles. The third-order valence-electron chi connectivity index (χ3n) is 7.23. The molecule has 3 aromatic carbocycles. The Morgan fingerprint density at radius 1 is 1.05 bits per heavy atom. The second-order valence-electron chi connectivity index (χ2n) is 9.98. The number of carbonyl (C=O) groups excluding carboxylic acids is 1. The minimum absolute atomic E-state index is 0.0594. The molecule has 1 saturated heterocycles. The van der Waals surface area contributed by atoms with Crippen LogP contribution < -0.4 is 10.2 Å². The summed E-state index contributed by atoms with van der Waals surface area (Å²) in [5.41, 5.74) is 5.74. The molecule has 1 aliphatic rings. The maximum absolute atomic E-state index is 13.4. The molecule has 4 N–H and O–H groups in total. The third-order valence-corrected chi connectivity index (χ3v) is 7.23. The van der Waals surface area contributed by atoms with Crippen molar-refractivity contribution >= 4 is 28.5 Å². The first-order valence-electron chi connectivity index (χ1n) is 13.1. The summed E-state index contributed by atoms with van der Waals surface area (Å²) in [6, 6.07) is 23.5. The molecule has 7 nitrogen and oxygen atoms in total. The highest BCUT2D eigenvalue weighted by Crippen LogP contribution is 2.33. The van der Waals surface area contributed by atoms with Crippen LogP contribution in [0.15, 0.2) is 79.0 Å². The average molecular weight is 512 g/mol. The van der Waals surface area contributed by atoms with Gasteiger partial charge in [0.05, 0.1) is 18.6 Å². The number of amides is 1. The van der Waals surface area contributed by atoms with Crippen LogP contribution in [-0.2, 0) is 22.4 Å². The Balaban J connectivity index is 1.40. The number of anilines is 1. The van der Waals surface area contributed by atoms with Crippen LogP contribution in [0.25, 0.3) is 10.9 Å². The Labute approximate surface area is 222 Å². The number of hydrogen-bond donors (Lipinski definition) is 4. The van der Waals surface area contributed by atoms with E-state index in [0.717, 1.165) is 58.2 Å². The van der Waals surface area contributed by atoms with E-state index in [1.54, 1.807) is 0 Å². The van der Waals surface area contributed by atoms with Gasteiger partial charge in [0.1, 0.15) is 0 Å². The fourth-order valence-corrected chi connectivity index (χ4v) is 5.36. The lowest BCUT2D eigenvalue weighted by Crippen LogP contribution is -2.39. The number of hydrogen-bond acceptors (Lipinski definition) is 4. The van der Waals surface area contributed by atoms with Crippen LogP contribution in [0, 0.1) is 0 Å². The number of aliphatic hydroxyl groups is 1. The average Bonchev–Trinajstić information content (AvgIpc) is 3.33. The van der Waals surface area contributed by atoms with E-state index < -0.39 is 5.97 Å². The van der Waals surface area contributed by atoms with Gasteiger partial charge in [0.15, 0.2) is 0 Å². The maximum atomic E-state index is 13.4. The summed E-state index contributed by atoms with van der Waals surface area (Å²) >= 11 is 0. The number of aromatic amines is 1. The lowest BCUT2D eigenvalue weighted by Gasteiger charge is -2.35. The summed E-state index contributed by atoms with van der Waals surface area (Å²) in [6.07, 6.45) is 3.91. The summed E-state index contributed by atoms with van der Waals surface area (Å²) < 4.78 is 0. The molecule has 0 saturated carbocycles. The van der Waals surface area contributed by atoms with Gasteiger partial charge in [0.25, 0.3) is 0 Å². The van der Waals surface area contributed by atoms with Crippen molar-refractivity contribution in [1.82, 2.24) is 10.3 Å². The van der Waals surface area contributed by atoms with Gasteiger partial charge in [0, 0.05) is 47.9 Å². The van der Waals surface area contributed by atoms with Gasteiger partial charge < -0.3 is 25.4 Å². The molecule has 7 heteroatoms. The largest absolute Gasteiger partial charge is 0.481 e. The SMILES string of the molecule is O=C(O)CCc1c[nH]c2ccc(CC(=O)NC(c3ccccc3)c3ccccc3N3CCCC(O)C3)cc12. The predicted octanol–water partition coefficient (Wildman–Crippen LogP) is 4.59. The van der Waals surface area contributed by atoms with Gasteiger partial charge in [-0.3, -0.25) is 9.59 Å². The van der Waals surface area contributed by atoms with Crippen molar-refractivity contribution in [2.45, 2.75) is 44.2 Å². The molecule has 0 aliphatic carbocycles. The smallest absolute Gasteiger partial charge is 0.303 e. The number of β-amino-alcohol motifs (C(OH)–C–C–N with tert-alkyl or cyclic N) is 1. The first kappa shape index (κ1) is 25.5. The summed E-state index contributed by atoms with van der Waals surface area (Å²) in [5.74, 6) is -0.935. The minimum atomic E-state index is -0.832. The van der Waals surface area contributed by atoms with Crippen molar-refractivity contribution in [1.29, 1.82) is 0 Å². The predicted molar refractivity (Wildman–Crippen MR) is 148 cm³/mol. The van der Waals surface area contributed by atoms with Crippen LogP contribution in [-0.4, -0.2) is 46.3 Å². The molecule has 38 heavy (non-hydrogen) atoms. The third kappa shape index (κ3) is 5.89. The van der Waals surface area contributed by atoms with Gasteiger partial charge in [0.2, 0.25) is 5.91 Å². The number of aliphatic carboxylic acids is 1. The number of rotatable bonds is 9. The van der Waals surface area contributed by atoms with Crippen molar-refractivity contribution in [3.05, 3.63) is 101 Å². The monoisotopic (exact) mass is 511 g/mol. The zero-order valence-corrected chi connectivity index (χ0v) is 21.3. The zero-order valence-electron chi connectivity index (χ0n) is 21.3. The van der Waals surface area contributed by atoms with Gasteiger partial charge in [-0.1, -0.05) is 54.6 Å². The fraction of sp³-hybridized carbons (Fsp3) is 0.290. The number of aliphatic hydroxyl groups excluding tert-OH is 1. The Morgan fingerprint density at radius 2 is 1.84 bits per heavy atom. The van der Waals surface area contributed by atoms with Crippen LogP contribution in [0.4, 0.5) is 5.69 Å². The molecule has 0 radical (unpaired) electrons. The lowest BCUT2D eigenvalue weighted by atomic mass is 9.95. The number of fused-ring (bicyclic) bond motifs is 1. The van der Waals surface area contributed by atoms with E-state index in [1.165, 1.54) is 0 Å². The summed E-state index contributed by atoms with van der Waals surface area (Å²) in [5, 5.41) is 23.6. The summed E-state index contributed by atoms with van der Waals surface area (Å²) in [4.78, 5) is 29.9. The van der Waals surface area contributed by atoms with Gasteiger partial charge in [-0.2, -0.15) is 0 Å². The van der Waals surface area contributed by atoms with Crippen LogP contribution in [0.3, 0.4) is 0 Å². The van der Waals surface area contributed by atoms with E-state index in [1.807, 2.05) is 66.9 Å². The number of nitrogens with one attached hydrogen (secondary N) is 2. The number of para-hydroxylation sites is 1. The Hall–Kier alpha value is -4.10. The molecule has 2 atom stereocenters. The molecular weight excluding hydrogens is 478 g/mol. The summed E-state index contributed by atoms with van der Waals surface area (Å²) in [7, 11) is 0. The standard InChI is InChI=1S/C31H33N3O4/c35-24-9-6-16-34(20-24)28-11-5-4-10-25(28)31(22-7-2-1-3-8-22)33-29(36)18-21-12-14-27-26(17-21)23(19-32-27)13-15-30(37)38/h1-5,7-8,10-12,14,17,19,24,31-32,35H,6,9,13,15-16,18,20H2,(H,33,36)(H,37,38). The van der Waals surface area contributed by atoms with Crippen LogP contribution in [0.1, 0.15) is 47.6 Å². The molecule has 0 spiro atoms. The number of aryl methyl sites for hydroxylation is 1. The summed E-state index contributed by atoms with van der Waals surface area (Å²) in [6.45, 7) is 1.44. The van der Waals surface area contributed by atoms with E-state index in [0.29, 0.717) is 13.0 Å². The number of benzene rings is 3. The molecule has 196 valence electrons. The lowest BCUT2D eigenvalue weighted by molar-refractivity contribution is -0.137. The number of aromatic nitrogens is 1. The van der Waals surface area contributed by atoms with E-state index >= 15 is 0 Å². The van der Waals surface area contributed by atoms with Crippen LogP contribution in [0.2, 0.25) is 0 Å². The maximum Gasteiger partial charge on any atom is 0.303 e. The van der Waals surface area contributed by atoms with Gasteiger partial charge in [-0.15, -0.1) is 0 Å². The van der Waals surface area contributed by atoms with Gasteiger partial charge >= 0.3 is 5.97 Å². The van der Waals surface area contributed by atoms with Gasteiger partial charge in [-0.05, 0) is 54.2 Å². The highest BCUT2D eigenvalue weighted by atomic mass is 16.4. The highest BCUT2D eigenvalue weighted by molar-refractivity contribution is 5.87. The van der Waals surface area contributed by atoms with Crippen LogP contribution in [0.5, 0.6) is 0 Å². The second kappa shape index (κ2) is 11.5. The molecule has 5 rings (SSSR count). The zero-order chi connectivity index (χ0) is 26.5. The molecule has 1 aliphatic heterocycles. The number of carboxylic acid groups (broad SMARTS) is 1. The topological polar surface area (TPSA) is 106 Å². The van der Waals surface area contributed by atoms with Crippen LogP contribution >= 0.6 is 0 Å². The molecule has 0 bridgehead atoms. The molecule has 4 aromatic rings. The number of carboxylic acids is 1. The number of H-pyrrole nitrogens is 1. The van der Waals surface area contributed by atoms with E-state index in [4.69, 9.17) is 5.11 Å². The number of piperidine rings is 1. The quantitative estimate of drug-likeness (QED) is 0.263. The molecular formula is C31H33N3O4. The Morgan fingerprint density at radius 3 is 2.63 bits per heavy atom. The molecule has 1 fully saturated rings. The van der Waals surface area contributed by atoms with Crippen molar-refractivity contribution in [3.8, 4) is 0 Å². The van der Waals surface area contributed by atoms with E-state index in [2.05, 4.69) is 27.3 Å². The first-order chi connectivity index (χ1) is 18.5. The Kier molecular flexibility index (Phi) is 7.75. The van der Waals surface area contributed by atoms with Crippen molar-refractivity contribution in [2.75, 3.05) is 18.0 Å². The first-order valence-corrected chi connectivity index (χ1v) is 13.1. The molecule has 2 heterocycles. The Bertz CT molecular complexity index is 1420. The van der Waals surface area contributed by atoms with Crippen molar-refractivity contribution < 1.29 is 19.8 Å². The van der Waals surface area contributed by atoms with E-state index in [9.17, 15) is 14.7 Å².